The lowest BCUT2D eigenvalue weighted by atomic mass is 9.74. The van der Waals surface area contributed by atoms with Crippen molar-refractivity contribution in [3.63, 3.8) is 0 Å². The van der Waals surface area contributed by atoms with Gasteiger partial charge >= 0.3 is 0 Å². The molecule has 1 heterocycles. The Labute approximate surface area is 122 Å². The van der Waals surface area contributed by atoms with Crippen molar-refractivity contribution in [2.75, 3.05) is 12.9 Å². The van der Waals surface area contributed by atoms with Gasteiger partial charge in [-0.3, -0.25) is 11.3 Å². The van der Waals surface area contributed by atoms with E-state index in [0.29, 0.717) is 0 Å². The van der Waals surface area contributed by atoms with E-state index in [1.165, 1.54) is 25.5 Å². The van der Waals surface area contributed by atoms with Gasteiger partial charge in [0.15, 0.2) is 9.84 Å². The topological polar surface area (TPSA) is 81.4 Å². The first-order chi connectivity index (χ1) is 9.38. The van der Waals surface area contributed by atoms with Crippen molar-refractivity contribution < 1.29 is 13.2 Å². The standard InChI is InChI=1S/C14H28N2O3S/c1-11(20(2,17)18)13(16-15)12-6-9-19-14(10-12)7-4-3-5-8-14/h11-13,16H,3-10,15H2,1-2H3. The minimum Gasteiger partial charge on any atom is -0.375 e. The molecule has 3 unspecified atom stereocenters. The number of hydrogen-bond donors (Lipinski definition) is 2. The zero-order chi connectivity index (χ0) is 14.8. The van der Waals surface area contributed by atoms with Crippen LogP contribution in [0.3, 0.4) is 0 Å². The highest BCUT2D eigenvalue weighted by Gasteiger charge is 2.43. The Bertz CT molecular complexity index is 413. The number of hydrazine groups is 1. The van der Waals surface area contributed by atoms with Gasteiger partial charge in [0.25, 0.3) is 0 Å². The Morgan fingerprint density at radius 3 is 2.50 bits per heavy atom. The summed E-state index contributed by atoms with van der Waals surface area (Å²) in [5, 5.41) is -0.462. The Hall–Kier alpha value is -0.170. The smallest absolute Gasteiger partial charge is 0.151 e. The summed E-state index contributed by atoms with van der Waals surface area (Å²) in [6, 6.07) is -0.187. The van der Waals surface area contributed by atoms with E-state index >= 15 is 0 Å². The van der Waals surface area contributed by atoms with Gasteiger partial charge in [0, 0.05) is 18.9 Å². The van der Waals surface area contributed by atoms with Crippen LogP contribution in [0, 0.1) is 5.92 Å². The monoisotopic (exact) mass is 304 g/mol. The molecule has 118 valence electrons. The largest absolute Gasteiger partial charge is 0.375 e. The van der Waals surface area contributed by atoms with Crippen molar-refractivity contribution in [2.45, 2.75) is 68.8 Å². The first-order valence-corrected chi connectivity index (χ1v) is 9.62. The van der Waals surface area contributed by atoms with Gasteiger partial charge in [-0.15, -0.1) is 0 Å². The maximum atomic E-state index is 11.8. The summed E-state index contributed by atoms with van der Waals surface area (Å²) in [7, 11) is -3.09. The lowest BCUT2D eigenvalue weighted by molar-refractivity contribution is -0.121. The fourth-order valence-corrected chi connectivity index (χ4v) is 4.67. The van der Waals surface area contributed by atoms with Crippen molar-refractivity contribution in [2.24, 2.45) is 11.8 Å². The number of nitrogens with one attached hydrogen (secondary N) is 1. The molecule has 2 aliphatic rings. The normalized spacial score (nSPS) is 30.1. The highest BCUT2D eigenvalue weighted by atomic mass is 32.2. The molecule has 3 atom stereocenters. The van der Waals surface area contributed by atoms with E-state index in [0.717, 1.165) is 32.3 Å². The molecule has 2 rings (SSSR count). The van der Waals surface area contributed by atoms with E-state index in [2.05, 4.69) is 5.43 Å². The molecule has 1 aliphatic carbocycles. The Balaban J connectivity index is 2.10. The van der Waals surface area contributed by atoms with Crippen LogP contribution in [-0.2, 0) is 14.6 Å². The van der Waals surface area contributed by atoms with E-state index in [1.807, 2.05) is 0 Å². The average Bonchev–Trinajstić information content (AvgIpc) is 2.39. The predicted molar refractivity (Wildman–Crippen MR) is 79.9 cm³/mol. The van der Waals surface area contributed by atoms with Crippen LogP contribution < -0.4 is 11.3 Å². The molecule has 0 bridgehead atoms. The van der Waals surface area contributed by atoms with Gasteiger partial charge in [0.1, 0.15) is 0 Å². The van der Waals surface area contributed by atoms with Crippen molar-refractivity contribution in [3.8, 4) is 0 Å². The van der Waals surface area contributed by atoms with E-state index < -0.39 is 15.1 Å². The van der Waals surface area contributed by atoms with Crippen LogP contribution in [-0.4, -0.2) is 38.2 Å². The van der Waals surface area contributed by atoms with Crippen LogP contribution in [0.15, 0.2) is 0 Å². The molecule has 1 spiro atoms. The average molecular weight is 304 g/mol. The second kappa shape index (κ2) is 6.30. The maximum Gasteiger partial charge on any atom is 0.151 e. The van der Waals surface area contributed by atoms with Crippen molar-refractivity contribution in [1.82, 2.24) is 5.43 Å². The summed E-state index contributed by atoms with van der Waals surface area (Å²) in [5.41, 5.74) is 2.75. The zero-order valence-electron chi connectivity index (χ0n) is 12.6. The quantitative estimate of drug-likeness (QED) is 0.606. The van der Waals surface area contributed by atoms with Gasteiger partial charge in [-0.1, -0.05) is 19.3 Å². The molecule has 5 nitrogen and oxygen atoms in total. The molecule has 0 radical (unpaired) electrons. The number of sulfone groups is 1. The third kappa shape index (κ3) is 3.53. The van der Waals surface area contributed by atoms with Crippen molar-refractivity contribution >= 4 is 9.84 Å². The molecule has 0 aromatic carbocycles. The Morgan fingerprint density at radius 1 is 1.30 bits per heavy atom. The van der Waals surface area contributed by atoms with E-state index in [9.17, 15) is 8.42 Å². The van der Waals surface area contributed by atoms with E-state index in [1.54, 1.807) is 6.92 Å². The molecule has 6 heteroatoms. The summed E-state index contributed by atoms with van der Waals surface area (Å²) in [5.74, 6) is 5.94. The van der Waals surface area contributed by atoms with Crippen LogP contribution in [0.25, 0.3) is 0 Å². The summed E-state index contributed by atoms with van der Waals surface area (Å²) < 4.78 is 29.7. The van der Waals surface area contributed by atoms with E-state index in [-0.39, 0.29) is 17.6 Å². The van der Waals surface area contributed by atoms with Crippen LogP contribution in [0.4, 0.5) is 0 Å². The lowest BCUT2D eigenvalue weighted by Gasteiger charge is -2.46. The van der Waals surface area contributed by atoms with Gasteiger partial charge < -0.3 is 4.74 Å². The minimum atomic E-state index is -3.09. The molecule has 3 N–H and O–H groups in total. The van der Waals surface area contributed by atoms with E-state index in [4.69, 9.17) is 10.6 Å². The summed E-state index contributed by atoms with van der Waals surface area (Å²) in [6.45, 7) is 2.47. The molecule has 20 heavy (non-hydrogen) atoms. The fourth-order valence-electron chi connectivity index (χ4n) is 3.84. The SMILES string of the molecule is CC(C(NN)C1CCOC2(CCCCC2)C1)S(C)(=O)=O. The molecule has 0 amide bonds. The fraction of sp³-hybridized carbons (Fsp3) is 1.00. The summed E-state index contributed by atoms with van der Waals surface area (Å²) in [4.78, 5) is 0. The number of rotatable bonds is 4. The van der Waals surface area contributed by atoms with Crippen molar-refractivity contribution in [3.05, 3.63) is 0 Å². The first kappa shape index (κ1) is 16.2. The van der Waals surface area contributed by atoms with Crippen LogP contribution in [0.5, 0.6) is 0 Å². The van der Waals surface area contributed by atoms with Gasteiger partial charge in [0.05, 0.1) is 10.9 Å². The molecular weight excluding hydrogens is 276 g/mol. The summed E-state index contributed by atoms with van der Waals surface area (Å²) in [6.07, 6.45) is 9.04. The lowest BCUT2D eigenvalue weighted by Crippen LogP contribution is -2.54. The molecular formula is C14H28N2O3S. The number of ether oxygens (including phenoxy) is 1. The molecule has 1 saturated carbocycles. The first-order valence-electron chi connectivity index (χ1n) is 7.67. The molecule has 0 aromatic rings. The second-order valence-corrected chi connectivity index (χ2v) is 8.97. The number of hydrogen-bond acceptors (Lipinski definition) is 5. The Morgan fingerprint density at radius 2 is 1.95 bits per heavy atom. The Kier molecular flexibility index (Phi) is 5.10. The van der Waals surface area contributed by atoms with Gasteiger partial charge in [-0.25, -0.2) is 8.42 Å². The molecule has 2 fully saturated rings. The van der Waals surface area contributed by atoms with Crippen LogP contribution in [0.2, 0.25) is 0 Å². The van der Waals surface area contributed by atoms with Gasteiger partial charge in [-0.05, 0) is 38.5 Å². The predicted octanol–water partition coefficient (Wildman–Crippen LogP) is 1.38. The third-order valence-electron chi connectivity index (χ3n) is 5.18. The second-order valence-electron chi connectivity index (χ2n) is 6.57. The number of nitrogens with two attached hydrogens (primary N) is 1. The van der Waals surface area contributed by atoms with Gasteiger partial charge in [0.2, 0.25) is 0 Å². The molecule has 0 aromatic heterocycles. The van der Waals surface area contributed by atoms with Crippen LogP contribution in [0.1, 0.15) is 51.9 Å². The summed E-state index contributed by atoms with van der Waals surface area (Å²) >= 11 is 0. The molecule has 1 saturated heterocycles. The van der Waals surface area contributed by atoms with Crippen molar-refractivity contribution in [1.29, 1.82) is 0 Å². The third-order valence-corrected chi connectivity index (χ3v) is 6.82. The maximum absolute atomic E-state index is 11.8. The minimum absolute atomic E-state index is 0.0203. The zero-order valence-corrected chi connectivity index (χ0v) is 13.4. The highest BCUT2D eigenvalue weighted by Crippen LogP contribution is 2.42. The molecule has 1 aliphatic heterocycles. The van der Waals surface area contributed by atoms with Gasteiger partial charge in [-0.2, -0.15) is 0 Å². The van der Waals surface area contributed by atoms with Crippen LogP contribution >= 0.6 is 0 Å². The highest BCUT2D eigenvalue weighted by molar-refractivity contribution is 7.91.